The van der Waals surface area contributed by atoms with Gasteiger partial charge in [0.05, 0.1) is 12.0 Å². The van der Waals surface area contributed by atoms with Crippen LogP contribution in [0.2, 0.25) is 0 Å². The van der Waals surface area contributed by atoms with E-state index >= 15 is 0 Å². The highest BCUT2D eigenvalue weighted by Crippen LogP contribution is 2.22. The Balaban J connectivity index is 1.46. The number of hydrogen-bond acceptors (Lipinski definition) is 3. The molecule has 5 heteroatoms. The van der Waals surface area contributed by atoms with Gasteiger partial charge >= 0.3 is 0 Å². The van der Waals surface area contributed by atoms with Gasteiger partial charge in [0.25, 0.3) is 0 Å². The molecule has 0 bridgehead atoms. The molecule has 3 rings (SSSR count). The quantitative estimate of drug-likeness (QED) is 0.789. The fraction of sp³-hybridized carbons (Fsp3) is 0.905. The summed E-state index contributed by atoms with van der Waals surface area (Å²) in [5.41, 5.74) is 0. The number of rotatable bonds is 5. The highest BCUT2D eigenvalue weighted by Gasteiger charge is 2.32. The zero-order valence-electron chi connectivity index (χ0n) is 16.5. The molecule has 1 aliphatic heterocycles. The number of piperidine rings is 1. The predicted octanol–water partition coefficient (Wildman–Crippen LogP) is 2.98. The summed E-state index contributed by atoms with van der Waals surface area (Å²) in [6.07, 6.45) is 14.0. The highest BCUT2D eigenvalue weighted by atomic mass is 16.2. The molecular weight excluding hydrogens is 326 g/mol. The number of nitrogens with one attached hydrogen (secondary N) is 2. The van der Waals surface area contributed by atoms with Crippen LogP contribution in [0.5, 0.6) is 0 Å². The first-order valence-corrected chi connectivity index (χ1v) is 11.0. The lowest BCUT2D eigenvalue weighted by atomic mass is 9.92. The Hall–Kier alpha value is -1.10. The maximum absolute atomic E-state index is 12.7. The number of carbonyl (C=O) groups excluding carboxylic acids is 2. The Morgan fingerprint density at radius 2 is 1.38 bits per heavy atom. The van der Waals surface area contributed by atoms with Crippen molar-refractivity contribution < 1.29 is 9.59 Å². The van der Waals surface area contributed by atoms with Gasteiger partial charge in [-0.3, -0.25) is 14.5 Å². The summed E-state index contributed by atoms with van der Waals surface area (Å²) >= 11 is 0. The molecular formula is C21H37N3O2. The molecule has 2 aliphatic carbocycles. The second-order valence-corrected chi connectivity index (χ2v) is 8.70. The summed E-state index contributed by atoms with van der Waals surface area (Å²) in [7, 11) is 0. The molecule has 0 aromatic carbocycles. The number of carbonyl (C=O) groups is 2. The van der Waals surface area contributed by atoms with E-state index in [-0.39, 0.29) is 23.8 Å². The monoisotopic (exact) mass is 363 g/mol. The summed E-state index contributed by atoms with van der Waals surface area (Å²) in [4.78, 5) is 27.5. The summed E-state index contributed by atoms with van der Waals surface area (Å²) in [6, 6.07) is 0.592. The van der Waals surface area contributed by atoms with E-state index in [1.54, 1.807) is 0 Å². The van der Waals surface area contributed by atoms with Crippen molar-refractivity contribution in [1.82, 2.24) is 15.5 Å². The number of likely N-dealkylation sites (tertiary alicyclic amines) is 1. The van der Waals surface area contributed by atoms with Gasteiger partial charge < -0.3 is 10.6 Å². The van der Waals surface area contributed by atoms with Gasteiger partial charge in [-0.15, -0.1) is 0 Å². The van der Waals surface area contributed by atoms with Gasteiger partial charge in [-0.25, -0.2) is 0 Å². The van der Waals surface area contributed by atoms with E-state index in [0.717, 1.165) is 51.6 Å². The summed E-state index contributed by atoms with van der Waals surface area (Å²) in [5.74, 6) is 0.391. The van der Waals surface area contributed by atoms with Crippen LogP contribution in [-0.2, 0) is 9.59 Å². The second kappa shape index (κ2) is 9.72. The summed E-state index contributed by atoms with van der Waals surface area (Å²) in [6.45, 7) is 3.64. The Morgan fingerprint density at radius 3 is 2.00 bits per heavy atom. The van der Waals surface area contributed by atoms with Crippen LogP contribution >= 0.6 is 0 Å². The predicted molar refractivity (Wildman–Crippen MR) is 104 cm³/mol. The van der Waals surface area contributed by atoms with E-state index < -0.39 is 0 Å². The molecule has 148 valence electrons. The van der Waals surface area contributed by atoms with E-state index in [0.29, 0.717) is 12.1 Å². The minimum absolute atomic E-state index is 0.0376. The lowest BCUT2D eigenvalue weighted by Gasteiger charge is -2.37. The van der Waals surface area contributed by atoms with Gasteiger partial charge in [-0.1, -0.05) is 38.5 Å². The molecule has 2 atom stereocenters. The van der Waals surface area contributed by atoms with Crippen molar-refractivity contribution in [2.24, 2.45) is 5.92 Å². The standard InChI is InChI=1S/C21H37N3O2/c1-16(20(25)22-18-10-4-2-5-11-18)24-14-8-9-17(15-24)21(26)23-19-12-6-3-7-13-19/h16-19H,2-15H2,1H3,(H,22,25)(H,23,26). The van der Waals surface area contributed by atoms with Gasteiger partial charge in [-0.05, 0) is 52.0 Å². The van der Waals surface area contributed by atoms with Crippen molar-refractivity contribution in [2.75, 3.05) is 13.1 Å². The van der Waals surface area contributed by atoms with Gasteiger partial charge in [0.1, 0.15) is 0 Å². The fourth-order valence-electron chi connectivity index (χ4n) is 4.87. The third-order valence-corrected chi connectivity index (χ3v) is 6.65. The van der Waals surface area contributed by atoms with E-state index in [2.05, 4.69) is 15.5 Å². The molecule has 2 unspecified atom stereocenters. The summed E-state index contributed by atoms with van der Waals surface area (Å²) in [5, 5.41) is 6.52. The zero-order chi connectivity index (χ0) is 18.4. The average molecular weight is 364 g/mol. The minimum Gasteiger partial charge on any atom is -0.353 e. The fourth-order valence-corrected chi connectivity index (χ4v) is 4.87. The molecule has 1 heterocycles. The van der Waals surface area contributed by atoms with Crippen LogP contribution in [0.4, 0.5) is 0 Å². The van der Waals surface area contributed by atoms with E-state index in [1.165, 1.54) is 38.5 Å². The van der Waals surface area contributed by atoms with Crippen LogP contribution in [0.1, 0.15) is 84.0 Å². The lowest BCUT2D eigenvalue weighted by molar-refractivity contribution is -0.132. The van der Waals surface area contributed by atoms with Crippen molar-refractivity contribution in [3.05, 3.63) is 0 Å². The van der Waals surface area contributed by atoms with Crippen LogP contribution < -0.4 is 10.6 Å². The van der Waals surface area contributed by atoms with Crippen molar-refractivity contribution >= 4 is 11.8 Å². The molecule has 0 aromatic heterocycles. The lowest BCUT2D eigenvalue weighted by Crippen LogP contribution is -2.53. The van der Waals surface area contributed by atoms with E-state index in [4.69, 9.17) is 0 Å². The van der Waals surface area contributed by atoms with Crippen LogP contribution in [0.15, 0.2) is 0 Å². The highest BCUT2D eigenvalue weighted by molar-refractivity contribution is 5.82. The minimum atomic E-state index is -0.137. The van der Waals surface area contributed by atoms with Gasteiger partial charge in [0.15, 0.2) is 0 Å². The molecule has 2 amide bonds. The van der Waals surface area contributed by atoms with Crippen LogP contribution in [0.25, 0.3) is 0 Å². The van der Waals surface area contributed by atoms with Crippen molar-refractivity contribution in [1.29, 1.82) is 0 Å². The topological polar surface area (TPSA) is 61.4 Å². The molecule has 2 saturated carbocycles. The Kier molecular flexibility index (Phi) is 7.35. The molecule has 0 spiro atoms. The Labute approximate surface area is 158 Å². The third kappa shape index (κ3) is 5.45. The molecule has 1 saturated heterocycles. The molecule has 2 N–H and O–H groups in total. The number of amides is 2. The first kappa shape index (κ1) is 19.7. The molecule has 5 nitrogen and oxygen atoms in total. The van der Waals surface area contributed by atoms with Crippen LogP contribution in [-0.4, -0.2) is 47.9 Å². The van der Waals surface area contributed by atoms with Gasteiger partial charge in [0.2, 0.25) is 11.8 Å². The number of hydrogen-bond donors (Lipinski definition) is 2. The SMILES string of the molecule is CC(C(=O)NC1CCCCC1)N1CCCC(C(=O)NC2CCCCC2)C1. The van der Waals surface area contributed by atoms with Gasteiger partial charge in [-0.2, -0.15) is 0 Å². The largest absolute Gasteiger partial charge is 0.353 e. The zero-order valence-corrected chi connectivity index (χ0v) is 16.5. The maximum atomic E-state index is 12.7. The van der Waals surface area contributed by atoms with Gasteiger partial charge in [0, 0.05) is 18.6 Å². The van der Waals surface area contributed by atoms with E-state index in [1.807, 2.05) is 6.92 Å². The molecule has 0 aromatic rings. The van der Waals surface area contributed by atoms with Crippen LogP contribution in [0.3, 0.4) is 0 Å². The first-order valence-electron chi connectivity index (χ1n) is 11.0. The smallest absolute Gasteiger partial charge is 0.237 e. The molecule has 0 radical (unpaired) electrons. The van der Waals surface area contributed by atoms with Crippen LogP contribution in [0, 0.1) is 5.92 Å². The Bertz CT molecular complexity index is 440. The van der Waals surface area contributed by atoms with Crippen molar-refractivity contribution in [2.45, 2.75) is 102 Å². The second-order valence-electron chi connectivity index (χ2n) is 8.70. The van der Waals surface area contributed by atoms with Crippen molar-refractivity contribution in [3.8, 4) is 0 Å². The normalized spacial score (nSPS) is 27.7. The molecule has 26 heavy (non-hydrogen) atoms. The maximum Gasteiger partial charge on any atom is 0.237 e. The average Bonchev–Trinajstić information content (AvgIpc) is 2.69. The first-order chi connectivity index (χ1) is 12.6. The third-order valence-electron chi connectivity index (χ3n) is 6.65. The molecule has 3 aliphatic rings. The van der Waals surface area contributed by atoms with E-state index in [9.17, 15) is 9.59 Å². The van der Waals surface area contributed by atoms with Crippen molar-refractivity contribution in [3.63, 3.8) is 0 Å². The molecule has 3 fully saturated rings. The Morgan fingerprint density at radius 1 is 0.808 bits per heavy atom. The summed E-state index contributed by atoms with van der Waals surface area (Å²) < 4.78 is 0. The number of nitrogens with zero attached hydrogens (tertiary/aromatic N) is 1.